The zero-order valence-electron chi connectivity index (χ0n) is 18.2. The van der Waals surface area contributed by atoms with Crippen LogP contribution in [-0.4, -0.2) is 47.1 Å². The van der Waals surface area contributed by atoms with Crippen LogP contribution >= 0.6 is 0 Å². The highest BCUT2D eigenvalue weighted by Gasteiger charge is 2.23. The van der Waals surface area contributed by atoms with E-state index < -0.39 is 0 Å². The van der Waals surface area contributed by atoms with Crippen LogP contribution in [0.3, 0.4) is 0 Å². The molecule has 1 aliphatic heterocycles. The van der Waals surface area contributed by atoms with Gasteiger partial charge in [-0.05, 0) is 49.6 Å². The molecule has 0 spiro atoms. The highest BCUT2D eigenvalue weighted by atomic mass is 19.1. The summed E-state index contributed by atoms with van der Waals surface area (Å²) in [5.74, 6) is 0.502. The van der Waals surface area contributed by atoms with Crippen LogP contribution in [0.2, 0.25) is 0 Å². The number of nitrogens with zero attached hydrogens (tertiary/aromatic N) is 4. The fourth-order valence-corrected chi connectivity index (χ4v) is 3.85. The maximum absolute atomic E-state index is 13.8. The maximum Gasteiger partial charge on any atom is 0.227 e. The van der Waals surface area contributed by atoms with Crippen molar-refractivity contribution < 1.29 is 13.7 Å². The smallest absolute Gasteiger partial charge is 0.227 e. The summed E-state index contributed by atoms with van der Waals surface area (Å²) in [7, 11) is 0. The second-order valence-electron chi connectivity index (χ2n) is 8.06. The standard InChI is InChI=1S/C24H27FN4O2/c1-16-5-4-6-21(18(16)3)28-11-13-29(14-12-28)23(30)10-9-22-26-24(27-31-22)19-8-7-17(2)20(25)15-19/h4-8,15H,9-14H2,1-3H3. The Balaban J connectivity index is 1.30. The zero-order valence-corrected chi connectivity index (χ0v) is 18.2. The Bertz CT molecular complexity index is 1090. The molecule has 1 fully saturated rings. The second-order valence-corrected chi connectivity index (χ2v) is 8.06. The maximum atomic E-state index is 13.8. The third-order valence-electron chi connectivity index (χ3n) is 6.00. The van der Waals surface area contributed by atoms with Crippen LogP contribution in [-0.2, 0) is 11.2 Å². The topological polar surface area (TPSA) is 62.5 Å². The minimum atomic E-state index is -0.306. The lowest BCUT2D eigenvalue weighted by molar-refractivity contribution is -0.131. The van der Waals surface area contributed by atoms with Gasteiger partial charge in [-0.1, -0.05) is 29.4 Å². The fourth-order valence-electron chi connectivity index (χ4n) is 3.85. The van der Waals surface area contributed by atoms with Gasteiger partial charge in [0.25, 0.3) is 0 Å². The molecular weight excluding hydrogens is 395 g/mol. The van der Waals surface area contributed by atoms with Crippen LogP contribution in [0.5, 0.6) is 0 Å². The summed E-state index contributed by atoms with van der Waals surface area (Å²) in [6.45, 7) is 9.00. The highest BCUT2D eigenvalue weighted by molar-refractivity contribution is 5.76. The molecule has 0 radical (unpaired) electrons. The number of amides is 1. The second kappa shape index (κ2) is 8.88. The minimum Gasteiger partial charge on any atom is -0.368 e. The molecule has 0 aliphatic carbocycles. The minimum absolute atomic E-state index is 0.0849. The van der Waals surface area contributed by atoms with Crippen molar-refractivity contribution in [1.82, 2.24) is 15.0 Å². The Hall–Kier alpha value is -3.22. The molecular formula is C24H27FN4O2. The monoisotopic (exact) mass is 422 g/mol. The van der Waals surface area contributed by atoms with Gasteiger partial charge in [-0.2, -0.15) is 4.98 Å². The molecule has 0 atom stereocenters. The van der Waals surface area contributed by atoms with Gasteiger partial charge >= 0.3 is 0 Å². The largest absolute Gasteiger partial charge is 0.368 e. The van der Waals surface area contributed by atoms with E-state index in [4.69, 9.17) is 4.52 Å². The lowest BCUT2D eigenvalue weighted by atomic mass is 10.1. The molecule has 0 N–H and O–H groups in total. The molecule has 6 nitrogen and oxygen atoms in total. The first-order chi connectivity index (χ1) is 14.9. The normalized spacial score (nSPS) is 14.2. The Labute approximate surface area is 181 Å². The SMILES string of the molecule is Cc1ccc(-c2noc(CCC(=O)N3CCN(c4cccc(C)c4C)CC3)n2)cc1F. The van der Waals surface area contributed by atoms with E-state index in [0.29, 0.717) is 48.8 Å². The third kappa shape index (κ3) is 4.60. The molecule has 1 saturated heterocycles. The van der Waals surface area contributed by atoms with Gasteiger partial charge in [0.05, 0.1) is 0 Å². The lowest BCUT2D eigenvalue weighted by Crippen LogP contribution is -2.49. The third-order valence-corrected chi connectivity index (χ3v) is 6.00. The average molecular weight is 423 g/mol. The van der Waals surface area contributed by atoms with Crippen LogP contribution in [0.1, 0.15) is 29.0 Å². The Morgan fingerprint density at radius 2 is 1.84 bits per heavy atom. The van der Waals surface area contributed by atoms with E-state index in [1.165, 1.54) is 22.9 Å². The van der Waals surface area contributed by atoms with Gasteiger partial charge in [0.2, 0.25) is 17.6 Å². The lowest BCUT2D eigenvalue weighted by Gasteiger charge is -2.37. The molecule has 4 rings (SSSR count). The molecule has 162 valence electrons. The number of carbonyl (C=O) groups excluding carboxylic acids is 1. The summed E-state index contributed by atoms with van der Waals surface area (Å²) < 4.78 is 19.0. The van der Waals surface area contributed by atoms with E-state index in [2.05, 4.69) is 47.1 Å². The molecule has 0 unspecified atom stereocenters. The number of piperazine rings is 1. The summed E-state index contributed by atoms with van der Waals surface area (Å²) in [6, 6.07) is 11.2. The number of rotatable bonds is 5. The van der Waals surface area contributed by atoms with Crippen LogP contribution in [0, 0.1) is 26.6 Å². The van der Waals surface area contributed by atoms with Gasteiger partial charge in [0, 0.05) is 50.3 Å². The van der Waals surface area contributed by atoms with Crippen molar-refractivity contribution in [3.8, 4) is 11.4 Å². The van der Waals surface area contributed by atoms with Crippen LogP contribution in [0.25, 0.3) is 11.4 Å². The summed E-state index contributed by atoms with van der Waals surface area (Å²) in [5, 5.41) is 3.92. The number of carbonyl (C=O) groups is 1. The summed E-state index contributed by atoms with van der Waals surface area (Å²) in [4.78, 5) is 21.2. The predicted octanol–water partition coefficient (Wildman–Crippen LogP) is 4.08. The molecule has 31 heavy (non-hydrogen) atoms. The summed E-state index contributed by atoms with van der Waals surface area (Å²) in [6.07, 6.45) is 0.685. The van der Waals surface area contributed by atoms with Gasteiger partial charge in [0.1, 0.15) is 5.82 Å². The van der Waals surface area contributed by atoms with Crippen molar-refractivity contribution in [2.45, 2.75) is 33.6 Å². The fraction of sp³-hybridized carbons (Fsp3) is 0.375. The van der Waals surface area contributed by atoms with Gasteiger partial charge in [-0.15, -0.1) is 0 Å². The van der Waals surface area contributed by atoms with Crippen LogP contribution in [0.4, 0.5) is 10.1 Å². The molecule has 2 heterocycles. The van der Waals surface area contributed by atoms with Crippen molar-refractivity contribution in [3.63, 3.8) is 0 Å². The van der Waals surface area contributed by atoms with E-state index in [0.717, 1.165) is 13.1 Å². The van der Waals surface area contributed by atoms with Crippen molar-refractivity contribution in [2.75, 3.05) is 31.1 Å². The van der Waals surface area contributed by atoms with Crippen molar-refractivity contribution in [1.29, 1.82) is 0 Å². The van der Waals surface area contributed by atoms with Crippen LogP contribution < -0.4 is 4.90 Å². The number of anilines is 1. The number of aryl methyl sites for hydroxylation is 3. The number of halogens is 1. The van der Waals surface area contributed by atoms with Crippen LogP contribution in [0.15, 0.2) is 40.9 Å². The molecule has 1 aliphatic rings. The van der Waals surface area contributed by atoms with Gasteiger partial charge in [0.15, 0.2) is 0 Å². The molecule has 1 aromatic heterocycles. The van der Waals surface area contributed by atoms with E-state index in [1.807, 2.05) is 4.90 Å². The highest BCUT2D eigenvalue weighted by Crippen LogP contribution is 2.24. The number of hydrogen-bond donors (Lipinski definition) is 0. The zero-order chi connectivity index (χ0) is 22.0. The first kappa shape index (κ1) is 21.0. The first-order valence-corrected chi connectivity index (χ1v) is 10.6. The average Bonchev–Trinajstić information content (AvgIpc) is 3.25. The Morgan fingerprint density at radius 3 is 2.58 bits per heavy atom. The Kier molecular flexibility index (Phi) is 6.02. The number of benzene rings is 2. The van der Waals surface area contributed by atoms with Gasteiger partial charge in [-0.3, -0.25) is 4.79 Å². The molecule has 1 amide bonds. The summed E-state index contributed by atoms with van der Waals surface area (Å²) in [5.41, 5.74) is 4.95. The molecule has 0 saturated carbocycles. The molecule has 3 aromatic rings. The van der Waals surface area contributed by atoms with E-state index in [-0.39, 0.29) is 11.7 Å². The molecule has 7 heteroatoms. The number of aromatic nitrogens is 2. The van der Waals surface area contributed by atoms with E-state index >= 15 is 0 Å². The van der Waals surface area contributed by atoms with Gasteiger partial charge in [-0.25, -0.2) is 4.39 Å². The molecule has 2 aromatic carbocycles. The summed E-state index contributed by atoms with van der Waals surface area (Å²) >= 11 is 0. The Morgan fingerprint density at radius 1 is 1.06 bits per heavy atom. The van der Waals surface area contributed by atoms with E-state index in [1.54, 1.807) is 19.1 Å². The quantitative estimate of drug-likeness (QED) is 0.620. The number of hydrogen-bond acceptors (Lipinski definition) is 5. The van der Waals surface area contributed by atoms with E-state index in [9.17, 15) is 9.18 Å². The van der Waals surface area contributed by atoms with Crippen molar-refractivity contribution >= 4 is 11.6 Å². The van der Waals surface area contributed by atoms with Crippen molar-refractivity contribution in [2.24, 2.45) is 0 Å². The molecule has 0 bridgehead atoms. The van der Waals surface area contributed by atoms with Crippen molar-refractivity contribution in [3.05, 3.63) is 64.8 Å². The van der Waals surface area contributed by atoms with Gasteiger partial charge < -0.3 is 14.3 Å². The first-order valence-electron chi connectivity index (χ1n) is 10.6. The predicted molar refractivity (Wildman–Crippen MR) is 117 cm³/mol.